The summed E-state index contributed by atoms with van der Waals surface area (Å²) in [5, 5.41) is 0.601. The van der Waals surface area contributed by atoms with E-state index >= 15 is 0 Å². The molecule has 34 heavy (non-hydrogen) atoms. The Morgan fingerprint density at radius 2 is 2.00 bits per heavy atom. The Labute approximate surface area is 204 Å². The van der Waals surface area contributed by atoms with E-state index in [2.05, 4.69) is 21.4 Å². The van der Waals surface area contributed by atoms with E-state index in [1.165, 1.54) is 0 Å². The molecule has 0 atom stereocenters. The first-order chi connectivity index (χ1) is 16.5. The lowest BCUT2D eigenvalue weighted by atomic mass is 9.75. The summed E-state index contributed by atoms with van der Waals surface area (Å²) in [6.45, 7) is 9.12. The number of rotatable bonds is 7. The van der Waals surface area contributed by atoms with Crippen molar-refractivity contribution in [1.82, 2.24) is 19.5 Å². The minimum Gasteiger partial charge on any atom is -0.369 e. The fourth-order valence-corrected chi connectivity index (χ4v) is 4.79. The van der Waals surface area contributed by atoms with Gasteiger partial charge in [-0.25, -0.2) is 15.0 Å². The number of carbonyl (C=O) groups excluding carboxylic acids is 1. The lowest BCUT2D eigenvalue weighted by molar-refractivity contribution is -0.129. The van der Waals surface area contributed by atoms with Gasteiger partial charge in [-0.1, -0.05) is 55.5 Å². The number of nitrogens with zero attached hydrogens (tertiary/aromatic N) is 5. The van der Waals surface area contributed by atoms with Crippen molar-refractivity contribution >= 4 is 40.2 Å². The number of fused-ring (bicyclic) bond motifs is 1. The third-order valence-corrected chi connectivity index (χ3v) is 7.05. The monoisotopic (exact) mass is 476 g/mol. The van der Waals surface area contributed by atoms with E-state index < -0.39 is 5.41 Å². The minimum absolute atomic E-state index is 0.223. The number of hydrogen-bond donors (Lipinski definition) is 1. The predicted octanol–water partition coefficient (Wildman–Crippen LogP) is 5.23. The zero-order chi connectivity index (χ0) is 24.3. The molecule has 176 valence electrons. The van der Waals surface area contributed by atoms with Crippen molar-refractivity contribution in [3.8, 4) is 11.4 Å². The molecular formula is C26H29ClN6O. The summed E-state index contributed by atoms with van der Waals surface area (Å²) in [4.78, 5) is 28.5. The molecule has 1 fully saturated rings. The smallest absolute Gasteiger partial charge is 0.223 e. The van der Waals surface area contributed by atoms with Crippen LogP contribution in [0.4, 0.5) is 5.82 Å². The number of benzene rings is 1. The molecule has 1 aliphatic rings. The maximum absolute atomic E-state index is 12.1. The quantitative estimate of drug-likeness (QED) is 0.471. The van der Waals surface area contributed by atoms with E-state index in [0.29, 0.717) is 47.9 Å². The van der Waals surface area contributed by atoms with Crippen LogP contribution in [0.3, 0.4) is 0 Å². The number of piperidine rings is 1. The highest BCUT2D eigenvalue weighted by Gasteiger charge is 2.39. The Kier molecular flexibility index (Phi) is 6.84. The summed E-state index contributed by atoms with van der Waals surface area (Å²) < 4.78 is 1.99. The van der Waals surface area contributed by atoms with Crippen molar-refractivity contribution in [2.24, 2.45) is 11.1 Å². The first-order valence-electron chi connectivity index (χ1n) is 11.4. The van der Waals surface area contributed by atoms with E-state index in [0.717, 1.165) is 23.5 Å². The predicted molar refractivity (Wildman–Crippen MR) is 138 cm³/mol. The highest BCUT2D eigenvalue weighted by molar-refractivity contribution is 6.33. The van der Waals surface area contributed by atoms with Gasteiger partial charge in [0.05, 0.1) is 10.4 Å². The Balaban J connectivity index is 1.87. The van der Waals surface area contributed by atoms with Crippen molar-refractivity contribution < 1.29 is 4.79 Å². The van der Waals surface area contributed by atoms with Gasteiger partial charge in [0.2, 0.25) is 5.91 Å². The molecule has 4 rings (SSSR count). The Morgan fingerprint density at radius 1 is 1.26 bits per heavy atom. The highest BCUT2D eigenvalue weighted by Crippen LogP contribution is 2.39. The molecule has 0 bridgehead atoms. The van der Waals surface area contributed by atoms with Crippen molar-refractivity contribution in [3.63, 3.8) is 0 Å². The summed E-state index contributed by atoms with van der Waals surface area (Å²) in [6, 6.07) is 7.62. The molecule has 0 saturated carbocycles. The summed E-state index contributed by atoms with van der Waals surface area (Å²) >= 11 is 6.58. The molecule has 1 aromatic carbocycles. The first-order valence-corrected chi connectivity index (χ1v) is 11.8. The summed E-state index contributed by atoms with van der Waals surface area (Å²) in [6.07, 6.45) is 11.2. The summed E-state index contributed by atoms with van der Waals surface area (Å²) in [5.74, 6) is 1.20. The zero-order valence-electron chi connectivity index (χ0n) is 19.5. The van der Waals surface area contributed by atoms with Crippen LogP contribution in [0.2, 0.25) is 5.02 Å². The number of amides is 1. The molecule has 3 aromatic rings. The van der Waals surface area contributed by atoms with Gasteiger partial charge < -0.3 is 10.6 Å². The molecule has 0 radical (unpaired) electrons. The Hall–Kier alpha value is -3.45. The molecule has 0 aliphatic carbocycles. The van der Waals surface area contributed by atoms with Gasteiger partial charge in [-0.15, -0.1) is 0 Å². The largest absolute Gasteiger partial charge is 0.369 e. The third kappa shape index (κ3) is 4.12. The minimum atomic E-state index is -0.460. The average molecular weight is 477 g/mol. The van der Waals surface area contributed by atoms with Gasteiger partial charge in [0.15, 0.2) is 17.0 Å². The lowest BCUT2D eigenvalue weighted by Gasteiger charge is -2.39. The molecule has 1 saturated heterocycles. The summed E-state index contributed by atoms with van der Waals surface area (Å²) in [7, 11) is 0. The average Bonchev–Trinajstić information content (AvgIpc) is 3.24. The number of aromatic nitrogens is 4. The van der Waals surface area contributed by atoms with Gasteiger partial charge in [-0.05, 0) is 44.4 Å². The maximum Gasteiger partial charge on any atom is 0.223 e. The second-order valence-electron chi connectivity index (χ2n) is 8.41. The van der Waals surface area contributed by atoms with Gasteiger partial charge in [-0.3, -0.25) is 9.36 Å². The molecule has 1 aliphatic heterocycles. The zero-order valence-corrected chi connectivity index (χ0v) is 20.3. The molecule has 1 amide bonds. The standard InChI is InChI=1S/C26H29ClN6O/c1-4-7-10-18(5-2)33-22(19-11-8-9-12-20(19)27)31-21-23(29-17-30-24(21)33)32-15-13-26(6-3,14-16-32)25(28)34/h4-5,7-12,17H,1,6,13-16H2,2-3H3,(H2,28,34)/b10-7-,18-5+. The molecule has 8 heteroatoms. The second kappa shape index (κ2) is 9.81. The third-order valence-electron chi connectivity index (χ3n) is 6.72. The van der Waals surface area contributed by atoms with E-state index in [1.54, 1.807) is 12.4 Å². The number of imidazole rings is 1. The van der Waals surface area contributed by atoms with E-state index in [-0.39, 0.29) is 5.91 Å². The number of allylic oxidation sites excluding steroid dienone is 5. The molecule has 2 aromatic heterocycles. The fraction of sp³-hybridized carbons (Fsp3) is 0.308. The van der Waals surface area contributed by atoms with E-state index in [4.69, 9.17) is 22.3 Å². The Morgan fingerprint density at radius 3 is 2.62 bits per heavy atom. The van der Waals surface area contributed by atoms with Crippen molar-refractivity contribution in [1.29, 1.82) is 0 Å². The van der Waals surface area contributed by atoms with Crippen LogP contribution >= 0.6 is 11.6 Å². The van der Waals surface area contributed by atoms with Gasteiger partial charge in [0.25, 0.3) is 0 Å². The van der Waals surface area contributed by atoms with Crippen LogP contribution < -0.4 is 10.6 Å². The van der Waals surface area contributed by atoms with Crippen molar-refractivity contribution in [2.75, 3.05) is 18.0 Å². The molecule has 7 nitrogen and oxygen atoms in total. The first kappa shape index (κ1) is 23.7. The molecular weight excluding hydrogens is 448 g/mol. The van der Waals surface area contributed by atoms with Gasteiger partial charge >= 0.3 is 0 Å². The molecule has 3 heterocycles. The van der Waals surface area contributed by atoms with Crippen LogP contribution in [0.25, 0.3) is 28.2 Å². The summed E-state index contributed by atoms with van der Waals surface area (Å²) in [5.41, 5.74) is 8.35. The molecule has 2 N–H and O–H groups in total. The normalized spacial score (nSPS) is 16.3. The van der Waals surface area contributed by atoms with Crippen LogP contribution in [0.5, 0.6) is 0 Å². The maximum atomic E-state index is 12.1. The van der Waals surface area contributed by atoms with Crippen molar-refractivity contribution in [3.05, 3.63) is 66.5 Å². The Bertz CT molecular complexity index is 1280. The van der Waals surface area contributed by atoms with E-state index in [1.807, 2.05) is 60.9 Å². The highest BCUT2D eigenvalue weighted by atomic mass is 35.5. The fourth-order valence-electron chi connectivity index (χ4n) is 4.57. The molecule has 0 spiro atoms. The van der Waals surface area contributed by atoms with Crippen LogP contribution in [0.1, 0.15) is 33.1 Å². The topological polar surface area (TPSA) is 89.9 Å². The van der Waals surface area contributed by atoms with Crippen LogP contribution in [0, 0.1) is 5.41 Å². The van der Waals surface area contributed by atoms with E-state index in [9.17, 15) is 4.79 Å². The second-order valence-corrected chi connectivity index (χ2v) is 8.82. The SMILES string of the molecule is C=C/C=C\C(=C/C)n1c(-c2ccccc2Cl)nc2c(N3CCC(CC)(C(N)=O)CC3)ncnc21. The molecule has 0 unspecified atom stereocenters. The van der Waals surface area contributed by atoms with Gasteiger partial charge in [-0.2, -0.15) is 0 Å². The lowest BCUT2D eigenvalue weighted by Crippen LogP contribution is -2.47. The number of carbonyl (C=O) groups is 1. The number of nitrogens with two attached hydrogens (primary N) is 1. The number of anilines is 1. The van der Waals surface area contributed by atoms with Gasteiger partial charge in [0.1, 0.15) is 12.2 Å². The van der Waals surface area contributed by atoms with Gasteiger partial charge in [0, 0.05) is 24.4 Å². The number of hydrogen-bond acceptors (Lipinski definition) is 5. The van der Waals surface area contributed by atoms with Crippen LogP contribution in [0.15, 0.2) is 61.5 Å². The van der Waals surface area contributed by atoms with Crippen LogP contribution in [-0.2, 0) is 4.79 Å². The number of halogens is 1. The number of primary amides is 1. The van der Waals surface area contributed by atoms with Crippen molar-refractivity contribution in [2.45, 2.75) is 33.1 Å². The van der Waals surface area contributed by atoms with Crippen LogP contribution in [-0.4, -0.2) is 38.5 Å².